The van der Waals surface area contributed by atoms with Gasteiger partial charge in [0.15, 0.2) is 0 Å². The van der Waals surface area contributed by atoms with E-state index in [9.17, 15) is 0 Å². The standard InChI is InChI=1S/C9H21N2P/c1-4-9(2,3)10-5-7-11(12)8-6-10/h4-8,12H2,1-3H3. The van der Waals surface area contributed by atoms with E-state index >= 15 is 0 Å². The Balaban J connectivity index is 2.44. The van der Waals surface area contributed by atoms with Crippen molar-refractivity contribution in [2.45, 2.75) is 32.7 Å². The summed E-state index contributed by atoms with van der Waals surface area (Å²) in [5, 5.41) is 0. The molecule has 3 heteroatoms. The monoisotopic (exact) mass is 188 g/mol. The van der Waals surface area contributed by atoms with Crippen molar-refractivity contribution in [3.05, 3.63) is 0 Å². The Kier molecular flexibility index (Phi) is 3.51. The van der Waals surface area contributed by atoms with Crippen molar-refractivity contribution < 1.29 is 0 Å². The van der Waals surface area contributed by atoms with Gasteiger partial charge in [-0.05, 0) is 20.3 Å². The summed E-state index contributed by atoms with van der Waals surface area (Å²) >= 11 is 0. The maximum Gasteiger partial charge on any atom is 0.0151 e. The third-order valence-corrected chi connectivity index (χ3v) is 3.55. The lowest BCUT2D eigenvalue weighted by atomic mass is 9.98. The van der Waals surface area contributed by atoms with Gasteiger partial charge in [-0.1, -0.05) is 16.3 Å². The minimum Gasteiger partial charge on any atom is -0.296 e. The first kappa shape index (κ1) is 10.4. The molecule has 1 saturated heterocycles. The second-order valence-electron chi connectivity index (χ2n) is 4.19. The fourth-order valence-electron chi connectivity index (χ4n) is 1.55. The maximum atomic E-state index is 2.79. The second-order valence-corrected chi connectivity index (χ2v) is 4.92. The molecule has 0 aromatic carbocycles. The highest BCUT2D eigenvalue weighted by Gasteiger charge is 2.26. The zero-order valence-electron chi connectivity index (χ0n) is 8.51. The molecule has 0 amide bonds. The normalized spacial score (nSPS) is 23.0. The topological polar surface area (TPSA) is 6.48 Å². The number of rotatable bonds is 2. The lowest BCUT2D eigenvalue weighted by Gasteiger charge is -2.42. The summed E-state index contributed by atoms with van der Waals surface area (Å²) in [6.07, 6.45) is 1.24. The van der Waals surface area contributed by atoms with Gasteiger partial charge in [0, 0.05) is 31.7 Å². The molecular weight excluding hydrogens is 167 g/mol. The highest BCUT2D eigenvalue weighted by atomic mass is 31.0. The van der Waals surface area contributed by atoms with E-state index in [1.807, 2.05) is 0 Å². The van der Waals surface area contributed by atoms with E-state index in [4.69, 9.17) is 0 Å². The Hall–Kier alpha value is 0.350. The quantitative estimate of drug-likeness (QED) is 0.607. The van der Waals surface area contributed by atoms with Crippen molar-refractivity contribution in [1.82, 2.24) is 9.57 Å². The first-order chi connectivity index (χ1) is 5.56. The molecule has 1 fully saturated rings. The van der Waals surface area contributed by atoms with Gasteiger partial charge in [-0.3, -0.25) is 9.57 Å². The molecule has 0 saturated carbocycles. The molecule has 0 bridgehead atoms. The number of piperazine rings is 1. The highest BCUT2D eigenvalue weighted by molar-refractivity contribution is 7.13. The minimum atomic E-state index is 0.395. The van der Waals surface area contributed by atoms with Crippen molar-refractivity contribution in [2.24, 2.45) is 0 Å². The molecule has 0 radical (unpaired) electrons. The minimum absolute atomic E-state index is 0.395. The summed E-state index contributed by atoms with van der Waals surface area (Å²) in [6.45, 7) is 11.8. The zero-order chi connectivity index (χ0) is 9.19. The fraction of sp³-hybridized carbons (Fsp3) is 1.00. The van der Waals surface area contributed by atoms with Crippen molar-refractivity contribution in [3.63, 3.8) is 0 Å². The molecule has 1 unspecified atom stereocenters. The molecule has 1 atom stereocenters. The maximum absolute atomic E-state index is 2.79. The number of hydrogen-bond donors (Lipinski definition) is 0. The van der Waals surface area contributed by atoms with Crippen molar-refractivity contribution in [2.75, 3.05) is 26.2 Å². The van der Waals surface area contributed by atoms with Gasteiger partial charge in [0.25, 0.3) is 0 Å². The summed E-state index contributed by atoms with van der Waals surface area (Å²) < 4.78 is 2.32. The number of hydrogen-bond acceptors (Lipinski definition) is 2. The fourth-order valence-corrected chi connectivity index (χ4v) is 1.78. The van der Waals surface area contributed by atoms with E-state index in [0.29, 0.717) is 5.54 Å². The first-order valence-corrected chi connectivity index (χ1v) is 5.32. The van der Waals surface area contributed by atoms with Gasteiger partial charge < -0.3 is 0 Å². The van der Waals surface area contributed by atoms with Crippen LogP contribution in [0.2, 0.25) is 0 Å². The Bertz CT molecular complexity index is 139. The summed E-state index contributed by atoms with van der Waals surface area (Å²) in [5.41, 5.74) is 0.395. The number of nitrogens with zero attached hydrogens (tertiary/aromatic N) is 2. The van der Waals surface area contributed by atoms with Crippen molar-refractivity contribution >= 4 is 9.39 Å². The molecule has 0 aliphatic carbocycles. The third-order valence-electron chi connectivity index (χ3n) is 3.04. The van der Waals surface area contributed by atoms with E-state index in [2.05, 4.69) is 39.7 Å². The molecule has 1 heterocycles. The van der Waals surface area contributed by atoms with E-state index in [0.717, 1.165) is 0 Å². The predicted octanol–water partition coefficient (Wildman–Crippen LogP) is 1.58. The van der Waals surface area contributed by atoms with Gasteiger partial charge in [-0.2, -0.15) is 0 Å². The summed E-state index contributed by atoms with van der Waals surface area (Å²) in [7, 11) is 2.79. The first-order valence-electron chi connectivity index (χ1n) is 4.81. The van der Waals surface area contributed by atoms with Crippen LogP contribution >= 0.6 is 9.39 Å². The summed E-state index contributed by atoms with van der Waals surface area (Å²) in [5.74, 6) is 0. The Morgan fingerprint density at radius 2 is 1.67 bits per heavy atom. The molecule has 1 aliphatic rings. The van der Waals surface area contributed by atoms with E-state index in [1.54, 1.807) is 0 Å². The van der Waals surface area contributed by atoms with Crippen LogP contribution in [0.3, 0.4) is 0 Å². The highest BCUT2D eigenvalue weighted by Crippen LogP contribution is 2.20. The summed E-state index contributed by atoms with van der Waals surface area (Å²) in [4.78, 5) is 2.59. The molecule has 0 spiro atoms. The van der Waals surface area contributed by atoms with Crippen LogP contribution in [0.4, 0.5) is 0 Å². The van der Waals surface area contributed by atoms with Gasteiger partial charge in [0.1, 0.15) is 0 Å². The predicted molar refractivity (Wildman–Crippen MR) is 57.2 cm³/mol. The van der Waals surface area contributed by atoms with Crippen molar-refractivity contribution in [1.29, 1.82) is 0 Å². The average Bonchev–Trinajstić information content (AvgIpc) is 2.05. The van der Waals surface area contributed by atoms with Gasteiger partial charge in [0.05, 0.1) is 0 Å². The van der Waals surface area contributed by atoms with Crippen LogP contribution in [0.15, 0.2) is 0 Å². The lowest BCUT2D eigenvalue weighted by Crippen LogP contribution is -2.52. The van der Waals surface area contributed by atoms with Crippen LogP contribution in [-0.2, 0) is 0 Å². The van der Waals surface area contributed by atoms with Crippen LogP contribution < -0.4 is 0 Å². The van der Waals surface area contributed by atoms with E-state index < -0.39 is 0 Å². The van der Waals surface area contributed by atoms with Gasteiger partial charge >= 0.3 is 0 Å². The Morgan fingerprint density at radius 3 is 2.08 bits per heavy atom. The molecule has 2 nitrogen and oxygen atoms in total. The molecule has 1 rings (SSSR count). The van der Waals surface area contributed by atoms with Gasteiger partial charge in [0.2, 0.25) is 0 Å². The van der Waals surface area contributed by atoms with Gasteiger partial charge in [-0.25, -0.2) is 0 Å². The van der Waals surface area contributed by atoms with Crippen LogP contribution in [-0.4, -0.2) is 41.3 Å². The van der Waals surface area contributed by atoms with E-state index in [-0.39, 0.29) is 0 Å². The molecule has 12 heavy (non-hydrogen) atoms. The smallest absolute Gasteiger partial charge is 0.0151 e. The molecule has 72 valence electrons. The second kappa shape index (κ2) is 4.04. The Labute approximate surface area is 78.6 Å². The molecule has 0 N–H and O–H groups in total. The van der Waals surface area contributed by atoms with Crippen LogP contribution in [0.1, 0.15) is 27.2 Å². The van der Waals surface area contributed by atoms with Crippen LogP contribution in [0.5, 0.6) is 0 Å². The van der Waals surface area contributed by atoms with Crippen LogP contribution in [0, 0.1) is 0 Å². The lowest BCUT2D eigenvalue weighted by molar-refractivity contribution is 0.0791. The molecule has 0 aromatic rings. The van der Waals surface area contributed by atoms with Gasteiger partial charge in [-0.15, -0.1) is 0 Å². The largest absolute Gasteiger partial charge is 0.296 e. The van der Waals surface area contributed by atoms with Crippen LogP contribution in [0.25, 0.3) is 0 Å². The zero-order valence-corrected chi connectivity index (χ0v) is 9.66. The van der Waals surface area contributed by atoms with Crippen molar-refractivity contribution in [3.8, 4) is 0 Å². The SMILES string of the molecule is CCC(C)(C)N1CCN(P)CC1. The molecule has 1 aliphatic heterocycles. The van der Waals surface area contributed by atoms with E-state index in [1.165, 1.54) is 32.6 Å². The summed E-state index contributed by atoms with van der Waals surface area (Å²) in [6, 6.07) is 0. The average molecular weight is 188 g/mol. The molecule has 0 aromatic heterocycles. The molecular formula is C9H21N2P. The Morgan fingerprint density at radius 1 is 1.17 bits per heavy atom. The third kappa shape index (κ3) is 2.42.